The first-order valence-corrected chi connectivity index (χ1v) is 10.0. The molecule has 0 aliphatic carbocycles. The van der Waals surface area contributed by atoms with Gasteiger partial charge in [-0.3, -0.25) is 4.99 Å². The molecule has 0 saturated heterocycles. The Bertz CT molecular complexity index is 1190. The largest absolute Gasteiger partial charge is 0.508 e. The molecular formula is C26H27N3O2. The fraction of sp³-hybridized carbons (Fsp3) is 0.192. The van der Waals surface area contributed by atoms with Crippen molar-refractivity contribution in [1.82, 2.24) is 0 Å². The average molecular weight is 414 g/mol. The summed E-state index contributed by atoms with van der Waals surface area (Å²) < 4.78 is 0. The van der Waals surface area contributed by atoms with Crippen molar-refractivity contribution in [3.8, 4) is 11.5 Å². The van der Waals surface area contributed by atoms with Gasteiger partial charge in [0.1, 0.15) is 11.5 Å². The molecular weight excluding hydrogens is 386 g/mol. The zero-order valence-corrected chi connectivity index (χ0v) is 18.3. The quantitative estimate of drug-likeness (QED) is 0.442. The van der Waals surface area contributed by atoms with Crippen LogP contribution in [0.4, 0.5) is 0 Å². The number of hydrogen-bond acceptors (Lipinski definition) is 3. The van der Waals surface area contributed by atoms with E-state index in [0.29, 0.717) is 23.8 Å². The third-order valence-corrected chi connectivity index (χ3v) is 5.10. The molecule has 0 atom stereocenters. The molecule has 0 unspecified atom stereocenters. The van der Waals surface area contributed by atoms with Gasteiger partial charge in [0.25, 0.3) is 0 Å². The lowest BCUT2D eigenvalue weighted by atomic mass is 10.0. The highest BCUT2D eigenvalue weighted by atomic mass is 16.3. The van der Waals surface area contributed by atoms with Crippen LogP contribution >= 0.6 is 0 Å². The number of nitrogens with zero attached hydrogens (tertiary/aromatic N) is 3. The monoisotopic (exact) mass is 413 g/mol. The SMILES string of the molecule is C=NC(=NC(=NCc1ccc(C)cc1C)c1ccc(O)cc1O)c1ccc(C)cc1C. The predicted octanol–water partition coefficient (Wildman–Crippen LogP) is 5.43. The first-order chi connectivity index (χ1) is 14.8. The van der Waals surface area contributed by atoms with Gasteiger partial charge in [0.05, 0.1) is 12.1 Å². The molecule has 0 amide bonds. The van der Waals surface area contributed by atoms with Crippen LogP contribution in [0, 0.1) is 27.7 Å². The molecule has 3 rings (SSSR count). The molecule has 0 aromatic heterocycles. The van der Waals surface area contributed by atoms with Crippen molar-refractivity contribution < 1.29 is 10.2 Å². The van der Waals surface area contributed by atoms with Gasteiger partial charge in [-0.15, -0.1) is 0 Å². The lowest BCUT2D eigenvalue weighted by Gasteiger charge is -2.10. The zero-order valence-electron chi connectivity index (χ0n) is 18.3. The fourth-order valence-corrected chi connectivity index (χ4v) is 3.42. The molecule has 3 aromatic rings. The number of aliphatic imine (C=N–C) groups is 3. The second-order valence-electron chi connectivity index (χ2n) is 7.68. The van der Waals surface area contributed by atoms with E-state index in [1.807, 2.05) is 45.0 Å². The minimum atomic E-state index is -0.104. The summed E-state index contributed by atoms with van der Waals surface area (Å²) in [7, 11) is 0. The second-order valence-corrected chi connectivity index (χ2v) is 7.68. The maximum absolute atomic E-state index is 10.4. The summed E-state index contributed by atoms with van der Waals surface area (Å²) in [4.78, 5) is 13.5. The molecule has 0 heterocycles. The average Bonchev–Trinajstić information content (AvgIpc) is 2.70. The van der Waals surface area contributed by atoms with Crippen LogP contribution in [0.25, 0.3) is 0 Å². The van der Waals surface area contributed by atoms with Crippen LogP contribution in [0.15, 0.2) is 69.6 Å². The van der Waals surface area contributed by atoms with E-state index in [1.165, 1.54) is 17.7 Å². The third kappa shape index (κ3) is 5.25. The van der Waals surface area contributed by atoms with Crippen LogP contribution in [0.1, 0.15) is 38.9 Å². The van der Waals surface area contributed by atoms with Gasteiger partial charge in [0.2, 0.25) is 0 Å². The maximum atomic E-state index is 10.4. The molecule has 0 aliphatic rings. The molecule has 0 fully saturated rings. The number of phenols is 2. The van der Waals surface area contributed by atoms with E-state index in [0.717, 1.165) is 27.8 Å². The highest BCUT2D eigenvalue weighted by Gasteiger charge is 2.13. The number of aryl methyl sites for hydroxylation is 4. The second kappa shape index (κ2) is 9.39. The van der Waals surface area contributed by atoms with Gasteiger partial charge in [-0.2, -0.15) is 0 Å². The van der Waals surface area contributed by atoms with E-state index >= 15 is 0 Å². The normalized spacial score (nSPS) is 12.1. The third-order valence-electron chi connectivity index (χ3n) is 5.10. The van der Waals surface area contributed by atoms with Gasteiger partial charge in [-0.05, 0) is 63.2 Å². The number of amidine groups is 2. The molecule has 0 aliphatic heterocycles. The number of aromatic hydroxyl groups is 2. The Balaban J connectivity index is 2.12. The lowest BCUT2D eigenvalue weighted by molar-refractivity contribution is 0.450. The molecule has 0 spiro atoms. The molecule has 158 valence electrons. The Hall–Kier alpha value is -3.73. The van der Waals surface area contributed by atoms with E-state index < -0.39 is 0 Å². The summed E-state index contributed by atoms with van der Waals surface area (Å²) in [6.07, 6.45) is 0. The Morgan fingerprint density at radius 1 is 0.774 bits per heavy atom. The smallest absolute Gasteiger partial charge is 0.161 e. The zero-order chi connectivity index (χ0) is 22.5. The van der Waals surface area contributed by atoms with Crippen molar-refractivity contribution in [3.05, 3.63) is 93.5 Å². The Morgan fingerprint density at radius 2 is 1.42 bits per heavy atom. The first-order valence-electron chi connectivity index (χ1n) is 10.0. The van der Waals surface area contributed by atoms with Crippen molar-refractivity contribution in [2.24, 2.45) is 15.0 Å². The molecule has 31 heavy (non-hydrogen) atoms. The lowest BCUT2D eigenvalue weighted by Crippen LogP contribution is -2.07. The topological polar surface area (TPSA) is 77.5 Å². The molecule has 5 nitrogen and oxygen atoms in total. The van der Waals surface area contributed by atoms with Crippen LogP contribution in [-0.2, 0) is 6.54 Å². The standard InChI is InChI=1S/C26H27N3O2/c1-16-6-8-20(18(3)12-16)15-28-26(23-11-9-21(30)14-24(23)31)29-25(27-5)22-10-7-17(2)13-19(22)4/h6-14,30-31H,5,15H2,1-4H3. The van der Waals surface area contributed by atoms with Crippen LogP contribution in [0.2, 0.25) is 0 Å². The summed E-state index contributed by atoms with van der Waals surface area (Å²) in [6, 6.07) is 16.6. The predicted molar refractivity (Wildman–Crippen MR) is 128 cm³/mol. The van der Waals surface area contributed by atoms with Crippen LogP contribution in [-0.4, -0.2) is 28.6 Å². The number of hydrogen-bond donors (Lipinski definition) is 2. The minimum Gasteiger partial charge on any atom is -0.508 e. The van der Waals surface area contributed by atoms with Crippen molar-refractivity contribution in [1.29, 1.82) is 0 Å². The number of phenolic OH excluding ortho intramolecular Hbond substituents is 2. The highest BCUT2D eigenvalue weighted by Crippen LogP contribution is 2.25. The van der Waals surface area contributed by atoms with Crippen molar-refractivity contribution in [2.45, 2.75) is 34.2 Å². The fourth-order valence-electron chi connectivity index (χ4n) is 3.42. The van der Waals surface area contributed by atoms with Gasteiger partial charge in [-0.25, -0.2) is 9.98 Å². The van der Waals surface area contributed by atoms with Crippen LogP contribution < -0.4 is 0 Å². The van der Waals surface area contributed by atoms with Crippen molar-refractivity contribution in [2.75, 3.05) is 0 Å². The molecule has 5 heteroatoms. The van der Waals surface area contributed by atoms with Gasteiger partial charge >= 0.3 is 0 Å². The Morgan fingerprint density at radius 3 is 2.03 bits per heavy atom. The van der Waals surface area contributed by atoms with Gasteiger partial charge in [0.15, 0.2) is 11.7 Å². The van der Waals surface area contributed by atoms with Crippen molar-refractivity contribution >= 4 is 18.4 Å². The highest BCUT2D eigenvalue weighted by molar-refractivity contribution is 6.14. The van der Waals surface area contributed by atoms with Gasteiger partial charge < -0.3 is 10.2 Å². The van der Waals surface area contributed by atoms with E-state index in [2.05, 4.69) is 35.8 Å². The van der Waals surface area contributed by atoms with Crippen LogP contribution in [0.3, 0.4) is 0 Å². The summed E-state index contributed by atoms with van der Waals surface area (Å²) >= 11 is 0. The molecule has 3 aromatic carbocycles. The summed E-state index contributed by atoms with van der Waals surface area (Å²) in [5, 5.41) is 20.1. The van der Waals surface area contributed by atoms with E-state index in [-0.39, 0.29) is 11.5 Å². The Labute approximate surface area is 183 Å². The van der Waals surface area contributed by atoms with Gasteiger partial charge in [0, 0.05) is 11.6 Å². The Kier molecular flexibility index (Phi) is 6.65. The molecule has 0 bridgehead atoms. The molecule has 2 N–H and O–H groups in total. The van der Waals surface area contributed by atoms with Gasteiger partial charge in [-0.1, -0.05) is 47.5 Å². The minimum absolute atomic E-state index is 0.0320. The van der Waals surface area contributed by atoms with E-state index in [4.69, 9.17) is 4.99 Å². The number of benzene rings is 3. The molecule has 0 radical (unpaired) electrons. The summed E-state index contributed by atoms with van der Waals surface area (Å²) in [6.45, 7) is 12.2. The van der Waals surface area contributed by atoms with Crippen molar-refractivity contribution in [3.63, 3.8) is 0 Å². The summed E-state index contributed by atoms with van der Waals surface area (Å²) in [5.41, 5.74) is 6.81. The van der Waals surface area contributed by atoms with E-state index in [9.17, 15) is 10.2 Å². The van der Waals surface area contributed by atoms with E-state index in [1.54, 1.807) is 6.07 Å². The van der Waals surface area contributed by atoms with Crippen LogP contribution in [0.5, 0.6) is 11.5 Å². The number of rotatable bonds is 4. The maximum Gasteiger partial charge on any atom is 0.161 e. The summed E-state index contributed by atoms with van der Waals surface area (Å²) in [5.74, 6) is 0.603. The molecule has 0 saturated carbocycles. The first kappa shape index (κ1) is 22.0.